The van der Waals surface area contributed by atoms with Crippen LogP contribution in [0.1, 0.15) is 24.8 Å². The van der Waals surface area contributed by atoms with E-state index in [1.165, 1.54) is 18.4 Å². The van der Waals surface area contributed by atoms with E-state index < -0.39 is 11.9 Å². The van der Waals surface area contributed by atoms with Gasteiger partial charge in [0.2, 0.25) is 11.0 Å². The molecule has 0 aliphatic carbocycles. The highest BCUT2D eigenvalue weighted by Gasteiger charge is 2.09. The third-order valence-corrected chi connectivity index (χ3v) is 2.88. The van der Waals surface area contributed by atoms with Crippen molar-refractivity contribution < 1.29 is 14.3 Å². The van der Waals surface area contributed by atoms with E-state index in [2.05, 4.69) is 20.3 Å². The zero-order valence-electron chi connectivity index (χ0n) is 9.76. The summed E-state index contributed by atoms with van der Waals surface area (Å²) in [7, 11) is 1.24. The lowest BCUT2D eigenvalue weighted by atomic mass is 10.2. The highest BCUT2D eigenvalue weighted by atomic mass is 32.1. The van der Waals surface area contributed by atoms with Gasteiger partial charge in [-0.1, -0.05) is 25.2 Å². The summed E-state index contributed by atoms with van der Waals surface area (Å²) in [5.74, 6) is -0.758. The Labute approximate surface area is 103 Å². The second-order valence-corrected chi connectivity index (χ2v) is 4.45. The Bertz CT molecular complexity index is 440. The first-order chi connectivity index (χ1) is 8.02. The van der Waals surface area contributed by atoms with Crippen molar-refractivity contribution in [1.82, 2.24) is 10.2 Å². The summed E-state index contributed by atoms with van der Waals surface area (Å²) in [6, 6.07) is 0. The molecule has 0 aliphatic rings. The van der Waals surface area contributed by atoms with Gasteiger partial charge in [0, 0.05) is 18.1 Å². The number of amides is 1. The number of anilines is 1. The predicted molar refractivity (Wildman–Crippen MR) is 63.8 cm³/mol. The first-order valence-electron chi connectivity index (χ1n) is 4.93. The first-order valence-corrected chi connectivity index (χ1v) is 5.75. The predicted octanol–water partition coefficient (Wildman–Crippen LogP) is 1.33. The van der Waals surface area contributed by atoms with E-state index in [0.717, 1.165) is 17.2 Å². The minimum absolute atomic E-state index is 0.267. The van der Waals surface area contributed by atoms with Crippen molar-refractivity contribution in [2.24, 2.45) is 0 Å². The van der Waals surface area contributed by atoms with E-state index in [9.17, 15) is 9.59 Å². The smallest absolute Gasteiger partial charge is 0.330 e. The van der Waals surface area contributed by atoms with Gasteiger partial charge in [0.15, 0.2) is 0 Å². The van der Waals surface area contributed by atoms with Crippen molar-refractivity contribution in [2.75, 3.05) is 12.4 Å². The summed E-state index contributed by atoms with van der Waals surface area (Å²) in [5, 5.41) is 11.5. The molecule has 1 N–H and O–H groups in total. The summed E-state index contributed by atoms with van der Waals surface area (Å²) >= 11 is 1.31. The number of carbonyl (C=O) groups is 2. The molecule has 0 atom stereocenters. The van der Waals surface area contributed by atoms with Gasteiger partial charge in [0.25, 0.3) is 0 Å². The molecule has 7 heteroatoms. The SMILES string of the molecule is COC(=O)/C=C\C(=O)Nc1nnc(C(C)C)s1. The Balaban J connectivity index is 2.56. The fraction of sp³-hybridized carbons (Fsp3) is 0.400. The first kappa shape index (κ1) is 13.3. The second kappa shape index (κ2) is 6.09. The molecule has 0 spiro atoms. The number of methoxy groups -OCH3 is 1. The van der Waals surface area contributed by atoms with Crippen LogP contribution in [0.15, 0.2) is 12.2 Å². The molecule has 0 aliphatic heterocycles. The van der Waals surface area contributed by atoms with E-state index in [0.29, 0.717) is 5.13 Å². The molecule has 0 fully saturated rings. The van der Waals surface area contributed by atoms with E-state index in [4.69, 9.17) is 0 Å². The Hall–Kier alpha value is -1.76. The van der Waals surface area contributed by atoms with Gasteiger partial charge < -0.3 is 4.74 Å². The molecule has 6 nitrogen and oxygen atoms in total. The maximum Gasteiger partial charge on any atom is 0.330 e. The average Bonchev–Trinajstić information content (AvgIpc) is 2.74. The molecule has 0 aromatic carbocycles. The summed E-state index contributed by atoms with van der Waals surface area (Å²) < 4.78 is 4.36. The van der Waals surface area contributed by atoms with Crippen molar-refractivity contribution in [2.45, 2.75) is 19.8 Å². The standard InChI is InChI=1S/C10H13N3O3S/c1-6(2)9-12-13-10(17-9)11-7(14)4-5-8(15)16-3/h4-6H,1-3H3,(H,11,13,14)/b5-4-. The largest absolute Gasteiger partial charge is 0.466 e. The minimum atomic E-state index is -0.583. The zero-order chi connectivity index (χ0) is 12.8. The van der Waals surface area contributed by atoms with Crippen LogP contribution in [0.25, 0.3) is 0 Å². The maximum atomic E-state index is 11.3. The summed E-state index contributed by atoms with van der Waals surface area (Å²) in [5.41, 5.74) is 0. The Kier molecular flexibility index (Phi) is 4.77. The molecule has 1 aromatic heterocycles. The number of esters is 1. The maximum absolute atomic E-state index is 11.3. The van der Waals surface area contributed by atoms with Gasteiger partial charge >= 0.3 is 5.97 Å². The third kappa shape index (κ3) is 4.31. The summed E-state index contributed by atoms with van der Waals surface area (Å²) in [6.45, 7) is 3.98. The fourth-order valence-corrected chi connectivity index (χ4v) is 1.63. The average molecular weight is 255 g/mol. The highest BCUT2D eigenvalue weighted by Crippen LogP contribution is 2.22. The van der Waals surface area contributed by atoms with Gasteiger partial charge in [0.05, 0.1) is 7.11 Å². The van der Waals surface area contributed by atoms with Gasteiger partial charge in [-0.05, 0) is 0 Å². The monoisotopic (exact) mass is 255 g/mol. The Morgan fingerprint density at radius 3 is 2.59 bits per heavy atom. The molecule has 0 saturated heterocycles. The van der Waals surface area contributed by atoms with Crippen LogP contribution >= 0.6 is 11.3 Å². The number of rotatable bonds is 4. The molecule has 1 aromatic rings. The van der Waals surface area contributed by atoms with Crippen molar-refractivity contribution in [1.29, 1.82) is 0 Å². The number of nitrogens with zero attached hydrogens (tertiary/aromatic N) is 2. The molecule has 0 saturated carbocycles. The van der Waals surface area contributed by atoms with E-state index >= 15 is 0 Å². The highest BCUT2D eigenvalue weighted by molar-refractivity contribution is 7.15. The molecule has 1 amide bonds. The zero-order valence-corrected chi connectivity index (χ0v) is 10.6. The molecule has 92 valence electrons. The Morgan fingerprint density at radius 1 is 1.35 bits per heavy atom. The number of carbonyl (C=O) groups excluding carboxylic acids is 2. The molecular formula is C10H13N3O3S. The number of hydrogen-bond acceptors (Lipinski definition) is 6. The summed E-state index contributed by atoms with van der Waals surface area (Å²) in [4.78, 5) is 22.1. The minimum Gasteiger partial charge on any atom is -0.466 e. The number of ether oxygens (including phenoxy) is 1. The van der Waals surface area contributed by atoms with Gasteiger partial charge in [-0.15, -0.1) is 10.2 Å². The van der Waals surface area contributed by atoms with Crippen LogP contribution in [0.3, 0.4) is 0 Å². The molecule has 1 rings (SSSR count). The van der Waals surface area contributed by atoms with E-state index in [1.54, 1.807) is 0 Å². The van der Waals surface area contributed by atoms with Crippen LogP contribution in [0.4, 0.5) is 5.13 Å². The molecule has 0 radical (unpaired) electrons. The number of hydrogen-bond donors (Lipinski definition) is 1. The lowest BCUT2D eigenvalue weighted by Crippen LogP contribution is -2.08. The molecule has 0 unspecified atom stereocenters. The normalized spacial score (nSPS) is 10.8. The molecule has 17 heavy (non-hydrogen) atoms. The van der Waals surface area contributed by atoms with Crippen LogP contribution < -0.4 is 5.32 Å². The lowest BCUT2D eigenvalue weighted by molar-refractivity contribution is -0.135. The van der Waals surface area contributed by atoms with Crippen LogP contribution in [-0.2, 0) is 14.3 Å². The third-order valence-electron chi connectivity index (χ3n) is 1.74. The van der Waals surface area contributed by atoms with Crippen molar-refractivity contribution in [3.8, 4) is 0 Å². The van der Waals surface area contributed by atoms with Crippen LogP contribution in [0.2, 0.25) is 0 Å². The molecular weight excluding hydrogens is 242 g/mol. The quantitative estimate of drug-likeness (QED) is 0.648. The van der Waals surface area contributed by atoms with Crippen LogP contribution in [0.5, 0.6) is 0 Å². The number of nitrogens with one attached hydrogen (secondary N) is 1. The summed E-state index contributed by atoms with van der Waals surface area (Å²) in [6.07, 6.45) is 2.13. The Morgan fingerprint density at radius 2 is 2.06 bits per heavy atom. The van der Waals surface area contributed by atoms with Crippen molar-refractivity contribution >= 4 is 28.3 Å². The lowest BCUT2D eigenvalue weighted by Gasteiger charge is -1.95. The number of aromatic nitrogens is 2. The topological polar surface area (TPSA) is 81.2 Å². The molecule has 0 bridgehead atoms. The van der Waals surface area contributed by atoms with Gasteiger partial charge in [-0.3, -0.25) is 10.1 Å². The van der Waals surface area contributed by atoms with Crippen molar-refractivity contribution in [3.63, 3.8) is 0 Å². The van der Waals surface area contributed by atoms with E-state index in [1.807, 2.05) is 13.8 Å². The van der Waals surface area contributed by atoms with Crippen LogP contribution in [-0.4, -0.2) is 29.2 Å². The van der Waals surface area contributed by atoms with Gasteiger partial charge in [-0.2, -0.15) is 0 Å². The van der Waals surface area contributed by atoms with Crippen molar-refractivity contribution in [3.05, 3.63) is 17.2 Å². The van der Waals surface area contributed by atoms with Gasteiger partial charge in [0.1, 0.15) is 5.01 Å². The van der Waals surface area contributed by atoms with Gasteiger partial charge in [-0.25, -0.2) is 4.79 Å². The van der Waals surface area contributed by atoms with Crippen LogP contribution in [0, 0.1) is 0 Å². The fourth-order valence-electron chi connectivity index (χ4n) is 0.877. The second-order valence-electron chi connectivity index (χ2n) is 3.45. The molecule has 1 heterocycles. The van der Waals surface area contributed by atoms with E-state index in [-0.39, 0.29) is 5.92 Å².